The molecule has 2 atom stereocenters. The fourth-order valence-corrected chi connectivity index (χ4v) is 4.07. The zero-order chi connectivity index (χ0) is 11.4. The van der Waals surface area contributed by atoms with Gasteiger partial charge in [-0.1, -0.05) is 19.3 Å². The number of hydrogen-bond donors (Lipinski definition) is 2. The van der Waals surface area contributed by atoms with Gasteiger partial charge in [-0.05, 0) is 38.4 Å². The summed E-state index contributed by atoms with van der Waals surface area (Å²) in [6, 6.07) is 0.367. The smallest absolute Gasteiger partial charge is 0.0693 e. The molecule has 0 bridgehead atoms. The van der Waals surface area contributed by atoms with E-state index in [9.17, 15) is 5.11 Å². The van der Waals surface area contributed by atoms with E-state index in [1.165, 1.54) is 38.5 Å². The molecule has 0 heterocycles. The Kier molecular flexibility index (Phi) is 4.57. The fraction of sp³-hybridized carbons (Fsp3) is 1.00. The van der Waals surface area contributed by atoms with Crippen LogP contribution in [0.25, 0.3) is 0 Å². The SMILES string of the molecule is CSC1(CN[C@H]2CCC[C@@H]2O)CCCCC1. The first kappa shape index (κ1) is 12.7. The van der Waals surface area contributed by atoms with E-state index in [0.717, 1.165) is 19.4 Å². The average molecular weight is 243 g/mol. The van der Waals surface area contributed by atoms with E-state index in [-0.39, 0.29) is 6.10 Å². The number of nitrogens with one attached hydrogen (secondary N) is 1. The van der Waals surface area contributed by atoms with E-state index in [1.54, 1.807) is 0 Å². The van der Waals surface area contributed by atoms with Crippen molar-refractivity contribution in [2.75, 3.05) is 12.8 Å². The Hall–Kier alpha value is 0.270. The molecule has 2 aliphatic carbocycles. The van der Waals surface area contributed by atoms with Crippen LogP contribution in [0.4, 0.5) is 0 Å². The van der Waals surface area contributed by atoms with Gasteiger partial charge in [0.25, 0.3) is 0 Å². The minimum atomic E-state index is -0.0949. The van der Waals surface area contributed by atoms with Gasteiger partial charge in [0.05, 0.1) is 6.10 Å². The van der Waals surface area contributed by atoms with Gasteiger partial charge in [-0.3, -0.25) is 0 Å². The molecule has 0 amide bonds. The molecule has 94 valence electrons. The quantitative estimate of drug-likeness (QED) is 0.796. The molecular weight excluding hydrogens is 218 g/mol. The highest BCUT2D eigenvalue weighted by Gasteiger charge is 2.33. The maximum absolute atomic E-state index is 9.81. The van der Waals surface area contributed by atoms with E-state index in [4.69, 9.17) is 0 Å². The third-order valence-electron chi connectivity index (χ3n) is 4.36. The predicted molar refractivity (Wildman–Crippen MR) is 71.0 cm³/mol. The van der Waals surface area contributed by atoms with Crippen molar-refractivity contribution in [3.8, 4) is 0 Å². The first-order valence-corrected chi connectivity index (χ1v) is 7.95. The van der Waals surface area contributed by atoms with Crippen LogP contribution in [0.3, 0.4) is 0 Å². The van der Waals surface area contributed by atoms with E-state index in [1.807, 2.05) is 11.8 Å². The van der Waals surface area contributed by atoms with Gasteiger partial charge in [-0.2, -0.15) is 11.8 Å². The normalized spacial score (nSPS) is 34.1. The maximum atomic E-state index is 9.81. The van der Waals surface area contributed by atoms with Crippen molar-refractivity contribution in [1.82, 2.24) is 5.32 Å². The minimum Gasteiger partial charge on any atom is -0.392 e. The molecule has 2 fully saturated rings. The maximum Gasteiger partial charge on any atom is 0.0693 e. The van der Waals surface area contributed by atoms with Gasteiger partial charge in [-0.15, -0.1) is 0 Å². The van der Waals surface area contributed by atoms with Crippen molar-refractivity contribution in [3.05, 3.63) is 0 Å². The zero-order valence-corrected chi connectivity index (χ0v) is 11.2. The Morgan fingerprint density at radius 1 is 1.19 bits per heavy atom. The molecule has 3 heteroatoms. The number of aliphatic hydroxyl groups is 1. The number of aliphatic hydroxyl groups excluding tert-OH is 1. The molecule has 0 aromatic rings. The number of rotatable bonds is 4. The molecule has 0 unspecified atom stereocenters. The van der Waals surface area contributed by atoms with Gasteiger partial charge in [0.1, 0.15) is 0 Å². The summed E-state index contributed by atoms with van der Waals surface area (Å²) < 4.78 is 0.459. The van der Waals surface area contributed by atoms with Crippen molar-refractivity contribution in [1.29, 1.82) is 0 Å². The van der Waals surface area contributed by atoms with Gasteiger partial charge in [0.2, 0.25) is 0 Å². The highest BCUT2D eigenvalue weighted by atomic mass is 32.2. The molecule has 2 rings (SSSR count). The Balaban J connectivity index is 1.82. The molecule has 0 saturated heterocycles. The van der Waals surface area contributed by atoms with Crippen LogP contribution in [0.1, 0.15) is 51.4 Å². The molecule has 0 aliphatic heterocycles. The van der Waals surface area contributed by atoms with Gasteiger partial charge in [0.15, 0.2) is 0 Å². The van der Waals surface area contributed by atoms with Crippen molar-refractivity contribution in [2.24, 2.45) is 0 Å². The van der Waals surface area contributed by atoms with Crippen LogP contribution in [-0.4, -0.2) is 34.8 Å². The van der Waals surface area contributed by atoms with Gasteiger partial charge in [-0.25, -0.2) is 0 Å². The lowest BCUT2D eigenvalue weighted by Crippen LogP contribution is -2.45. The van der Waals surface area contributed by atoms with Crippen molar-refractivity contribution in [3.63, 3.8) is 0 Å². The Morgan fingerprint density at radius 3 is 2.50 bits per heavy atom. The van der Waals surface area contributed by atoms with Gasteiger partial charge < -0.3 is 10.4 Å². The van der Waals surface area contributed by atoms with Crippen LogP contribution in [0.2, 0.25) is 0 Å². The fourth-order valence-electron chi connectivity index (χ4n) is 3.14. The summed E-state index contributed by atoms with van der Waals surface area (Å²) in [7, 11) is 0. The van der Waals surface area contributed by atoms with Crippen LogP contribution in [-0.2, 0) is 0 Å². The molecule has 0 aromatic heterocycles. The second-order valence-electron chi connectivity index (χ2n) is 5.43. The second-order valence-corrected chi connectivity index (χ2v) is 6.71. The highest BCUT2D eigenvalue weighted by molar-refractivity contribution is 8.00. The van der Waals surface area contributed by atoms with E-state index in [0.29, 0.717) is 10.8 Å². The van der Waals surface area contributed by atoms with Gasteiger partial charge in [0, 0.05) is 17.3 Å². The predicted octanol–water partition coefficient (Wildman–Crippen LogP) is 2.56. The van der Waals surface area contributed by atoms with E-state index < -0.39 is 0 Å². The lowest BCUT2D eigenvalue weighted by molar-refractivity contribution is 0.146. The lowest BCUT2D eigenvalue weighted by Gasteiger charge is -2.37. The molecule has 2 nitrogen and oxygen atoms in total. The average Bonchev–Trinajstić information content (AvgIpc) is 2.74. The molecule has 0 aromatic carbocycles. The Morgan fingerprint density at radius 2 is 1.94 bits per heavy atom. The first-order valence-electron chi connectivity index (χ1n) is 6.72. The number of thioether (sulfide) groups is 1. The number of hydrogen-bond acceptors (Lipinski definition) is 3. The Labute approximate surface area is 104 Å². The van der Waals surface area contributed by atoms with Crippen molar-refractivity contribution < 1.29 is 5.11 Å². The van der Waals surface area contributed by atoms with Crippen LogP contribution in [0.15, 0.2) is 0 Å². The third kappa shape index (κ3) is 2.93. The second kappa shape index (κ2) is 5.74. The van der Waals surface area contributed by atoms with Crippen molar-refractivity contribution >= 4 is 11.8 Å². The molecule has 2 saturated carbocycles. The summed E-state index contributed by atoms with van der Waals surface area (Å²) in [6.45, 7) is 1.09. The van der Waals surface area contributed by atoms with Crippen LogP contribution < -0.4 is 5.32 Å². The zero-order valence-electron chi connectivity index (χ0n) is 10.4. The summed E-state index contributed by atoms with van der Waals surface area (Å²) >= 11 is 2.03. The topological polar surface area (TPSA) is 32.3 Å². The molecule has 0 radical (unpaired) electrons. The largest absolute Gasteiger partial charge is 0.392 e. The summed E-state index contributed by atoms with van der Waals surface area (Å²) in [4.78, 5) is 0. The van der Waals surface area contributed by atoms with Gasteiger partial charge >= 0.3 is 0 Å². The van der Waals surface area contributed by atoms with Crippen LogP contribution >= 0.6 is 11.8 Å². The lowest BCUT2D eigenvalue weighted by atomic mass is 9.88. The molecule has 2 N–H and O–H groups in total. The third-order valence-corrected chi connectivity index (χ3v) is 5.78. The van der Waals surface area contributed by atoms with E-state index >= 15 is 0 Å². The standard InChI is InChI=1S/C13H25NOS/c1-16-13(8-3-2-4-9-13)10-14-11-6-5-7-12(11)15/h11-12,14-15H,2-10H2,1H3/t11-,12-/m0/s1. The summed E-state index contributed by atoms with van der Waals surface area (Å²) in [5.74, 6) is 0. The minimum absolute atomic E-state index is 0.0949. The molecule has 16 heavy (non-hydrogen) atoms. The summed E-state index contributed by atoms with van der Waals surface area (Å²) in [5.41, 5.74) is 0. The highest BCUT2D eigenvalue weighted by Crippen LogP contribution is 2.38. The van der Waals surface area contributed by atoms with E-state index in [2.05, 4.69) is 11.6 Å². The monoisotopic (exact) mass is 243 g/mol. The summed E-state index contributed by atoms with van der Waals surface area (Å²) in [5, 5.41) is 13.4. The van der Waals surface area contributed by atoms with Crippen molar-refractivity contribution in [2.45, 2.75) is 68.3 Å². The first-order chi connectivity index (χ1) is 7.76. The molecular formula is C13H25NOS. The van der Waals surface area contributed by atoms with Crippen LogP contribution in [0.5, 0.6) is 0 Å². The molecule has 0 spiro atoms. The summed E-state index contributed by atoms with van der Waals surface area (Å²) in [6.07, 6.45) is 12.4. The molecule has 2 aliphatic rings. The Bertz CT molecular complexity index is 216. The van der Waals surface area contributed by atoms with Crippen LogP contribution in [0, 0.1) is 0 Å².